The first kappa shape index (κ1) is 28.9. The largest absolute Gasteiger partial charge is 0.390 e. The highest BCUT2D eigenvalue weighted by atomic mass is 16.7. The first-order chi connectivity index (χ1) is 19.3. The Hall–Kier alpha value is -2.58. The average molecular weight is 547 g/mol. The van der Waals surface area contributed by atoms with Crippen LogP contribution < -0.4 is 0 Å². The number of rotatable bonds is 9. The Balaban J connectivity index is 1.24. The van der Waals surface area contributed by atoms with Crippen molar-refractivity contribution in [2.24, 2.45) is 5.92 Å². The first-order valence-electron chi connectivity index (χ1n) is 14.3. The lowest BCUT2D eigenvalue weighted by atomic mass is 9.79. The van der Waals surface area contributed by atoms with E-state index in [1.54, 1.807) is 0 Å². The van der Waals surface area contributed by atoms with Crippen molar-refractivity contribution in [2.75, 3.05) is 13.2 Å². The van der Waals surface area contributed by atoms with E-state index in [9.17, 15) is 5.11 Å². The number of hydrogen-bond donors (Lipinski definition) is 1. The van der Waals surface area contributed by atoms with Crippen molar-refractivity contribution >= 4 is 0 Å². The zero-order valence-electron chi connectivity index (χ0n) is 23.5. The van der Waals surface area contributed by atoms with Gasteiger partial charge in [-0.3, -0.25) is 0 Å². The van der Waals surface area contributed by atoms with Gasteiger partial charge in [0.25, 0.3) is 0 Å². The minimum absolute atomic E-state index is 0.0909. The zero-order chi connectivity index (χ0) is 28.1. The molecule has 0 bridgehead atoms. The molecule has 0 saturated carbocycles. The number of aliphatic hydroxyl groups is 1. The lowest BCUT2D eigenvalue weighted by molar-refractivity contribution is -0.308. The van der Waals surface area contributed by atoms with Gasteiger partial charge < -0.3 is 28.8 Å². The summed E-state index contributed by atoms with van der Waals surface area (Å²) in [6, 6.07) is 20.1. The maximum absolute atomic E-state index is 11.1. The van der Waals surface area contributed by atoms with Crippen LogP contribution in [0.5, 0.6) is 0 Å². The van der Waals surface area contributed by atoms with Crippen LogP contribution in [-0.2, 0) is 36.9 Å². The Bertz CT molecular complexity index is 1160. The molecule has 1 N–H and O–H groups in total. The molecule has 3 fully saturated rings. The first-order valence-corrected chi connectivity index (χ1v) is 14.3. The molecule has 5 rings (SSSR count). The predicted molar refractivity (Wildman–Crippen MR) is 154 cm³/mol. The van der Waals surface area contributed by atoms with E-state index >= 15 is 0 Å². The van der Waals surface area contributed by atoms with Crippen LogP contribution in [0.15, 0.2) is 97.1 Å². The lowest BCUT2D eigenvalue weighted by Gasteiger charge is -2.52. The summed E-state index contributed by atoms with van der Waals surface area (Å²) in [5, 5.41) is 11.1. The van der Waals surface area contributed by atoms with Crippen LogP contribution in [0, 0.1) is 5.92 Å². The second kappa shape index (κ2) is 12.9. The summed E-state index contributed by atoms with van der Waals surface area (Å²) in [4.78, 5) is 0. The zero-order valence-corrected chi connectivity index (χ0v) is 23.5. The summed E-state index contributed by atoms with van der Waals surface area (Å²) in [6.45, 7) is 16.8. The SMILES string of the molecule is C=C1C[C@H](O)[C@@H]([C@@H]2O[C@]3(C[C@@H](C)C2=C)O[C@@H](COCc2ccccc2)CCC3=C)O[C@H]1COCc1ccccc1. The summed E-state index contributed by atoms with van der Waals surface area (Å²) in [7, 11) is 0. The highest BCUT2D eigenvalue weighted by molar-refractivity contribution is 5.24. The molecule has 2 aromatic carbocycles. The molecule has 214 valence electrons. The van der Waals surface area contributed by atoms with Gasteiger partial charge >= 0.3 is 0 Å². The summed E-state index contributed by atoms with van der Waals surface area (Å²) >= 11 is 0. The van der Waals surface area contributed by atoms with Gasteiger partial charge in [-0.15, -0.1) is 0 Å². The van der Waals surface area contributed by atoms with Crippen LogP contribution in [0.2, 0.25) is 0 Å². The standard InChI is InChI=1S/C34H42O6/c1-23-17-30(35)33(38-31(23)22-37-20-28-13-9-6-10-14-28)32-26(4)24(2)18-34(40-32)25(3)15-16-29(39-34)21-36-19-27-11-7-5-8-12-27/h5-14,24,29-33,35H,1,3-4,15-22H2,2H3/t24-,29-,30+,31+,32-,33+,34+/m1/s1. The van der Waals surface area contributed by atoms with Crippen molar-refractivity contribution < 1.29 is 28.8 Å². The van der Waals surface area contributed by atoms with Crippen molar-refractivity contribution in [2.45, 2.75) is 82.1 Å². The minimum atomic E-state index is -0.971. The molecule has 3 aliphatic heterocycles. The van der Waals surface area contributed by atoms with Crippen LogP contribution in [0.25, 0.3) is 0 Å². The van der Waals surface area contributed by atoms with Gasteiger partial charge in [0.2, 0.25) is 0 Å². The normalized spacial score (nSPS) is 32.9. The number of hydrogen-bond acceptors (Lipinski definition) is 6. The van der Waals surface area contributed by atoms with Gasteiger partial charge in [-0.05, 0) is 53.0 Å². The maximum atomic E-state index is 11.1. The third-order valence-corrected chi connectivity index (χ3v) is 8.28. The smallest absolute Gasteiger partial charge is 0.192 e. The van der Waals surface area contributed by atoms with E-state index in [2.05, 4.69) is 38.8 Å². The molecule has 3 saturated heterocycles. The Labute approximate surface area is 238 Å². The average Bonchev–Trinajstić information content (AvgIpc) is 2.95. The van der Waals surface area contributed by atoms with Crippen LogP contribution in [0.1, 0.15) is 43.7 Å². The lowest BCUT2D eigenvalue weighted by Crippen LogP contribution is -2.59. The monoisotopic (exact) mass is 546 g/mol. The predicted octanol–water partition coefficient (Wildman–Crippen LogP) is 5.91. The number of benzene rings is 2. The van der Waals surface area contributed by atoms with Crippen LogP contribution in [-0.4, -0.2) is 54.6 Å². The molecular weight excluding hydrogens is 504 g/mol. The molecule has 2 aromatic rings. The molecule has 3 aliphatic rings. The second-order valence-electron chi connectivity index (χ2n) is 11.4. The fraction of sp³-hybridized carbons (Fsp3) is 0.471. The Morgan fingerprint density at radius 2 is 1.52 bits per heavy atom. The highest BCUT2D eigenvalue weighted by Gasteiger charge is 2.52. The van der Waals surface area contributed by atoms with Crippen molar-refractivity contribution in [1.82, 2.24) is 0 Å². The summed E-state index contributed by atoms with van der Waals surface area (Å²) in [5.41, 5.74) is 4.84. The van der Waals surface area contributed by atoms with Crippen LogP contribution >= 0.6 is 0 Å². The molecule has 3 heterocycles. The van der Waals surface area contributed by atoms with Gasteiger partial charge in [-0.2, -0.15) is 0 Å². The fourth-order valence-corrected chi connectivity index (χ4v) is 5.84. The summed E-state index contributed by atoms with van der Waals surface area (Å²) < 4.78 is 31.8. The van der Waals surface area contributed by atoms with E-state index in [0.717, 1.165) is 40.7 Å². The molecular formula is C34H42O6. The van der Waals surface area contributed by atoms with E-state index < -0.39 is 24.1 Å². The van der Waals surface area contributed by atoms with Gasteiger partial charge in [0.15, 0.2) is 5.79 Å². The fourth-order valence-electron chi connectivity index (χ4n) is 5.84. The van der Waals surface area contributed by atoms with Gasteiger partial charge in [0, 0.05) is 6.42 Å². The van der Waals surface area contributed by atoms with E-state index in [0.29, 0.717) is 39.3 Å². The van der Waals surface area contributed by atoms with Crippen molar-refractivity contribution in [3.05, 3.63) is 108 Å². The topological polar surface area (TPSA) is 66.4 Å². The van der Waals surface area contributed by atoms with Crippen LogP contribution in [0.3, 0.4) is 0 Å². The quantitative estimate of drug-likeness (QED) is 0.395. The van der Waals surface area contributed by atoms with Gasteiger partial charge in [-0.25, -0.2) is 0 Å². The Kier molecular flexibility index (Phi) is 9.36. The van der Waals surface area contributed by atoms with Crippen molar-refractivity contribution in [3.63, 3.8) is 0 Å². The molecule has 0 aliphatic carbocycles. The van der Waals surface area contributed by atoms with Crippen molar-refractivity contribution in [1.29, 1.82) is 0 Å². The molecule has 0 radical (unpaired) electrons. The second-order valence-corrected chi connectivity index (χ2v) is 11.4. The molecule has 0 amide bonds. The maximum Gasteiger partial charge on any atom is 0.192 e. The van der Waals surface area contributed by atoms with E-state index in [-0.39, 0.29) is 18.1 Å². The molecule has 7 atom stereocenters. The van der Waals surface area contributed by atoms with Gasteiger partial charge in [0.1, 0.15) is 18.3 Å². The summed E-state index contributed by atoms with van der Waals surface area (Å²) in [6.07, 6.45) is 0.225. The Morgan fingerprint density at radius 1 is 0.900 bits per heavy atom. The number of ether oxygens (including phenoxy) is 5. The molecule has 1 spiro atoms. The van der Waals surface area contributed by atoms with Crippen molar-refractivity contribution in [3.8, 4) is 0 Å². The molecule has 0 aromatic heterocycles. The minimum Gasteiger partial charge on any atom is -0.390 e. The van der Waals surface area contributed by atoms with E-state index in [4.69, 9.17) is 23.7 Å². The van der Waals surface area contributed by atoms with E-state index in [1.807, 2.05) is 48.5 Å². The molecule has 40 heavy (non-hydrogen) atoms. The third kappa shape index (κ3) is 6.65. The molecule has 6 nitrogen and oxygen atoms in total. The van der Waals surface area contributed by atoms with Crippen LogP contribution in [0.4, 0.5) is 0 Å². The van der Waals surface area contributed by atoms with E-state index in [1.165, 1.54) is 0 Å². The van der Waals surface area contributed by atoms with Gasteiger partial charge in [0.05, 0.1) is 38.6 Å². The summed E-state index contributed by atoms with van der Waals surface area (Å²) in [5.74, 6) is -0.880. The molecule has 6 heteroatoms. The highest BCUT2D eigenvalue weighted by Crippen LogP contribution is 2.47. The Morgan fingerprint density at radius 3 is 2.17 bits per heavy atom. The third-order valence-electron chi connectivity index (χ3n) is 8.28. The number of aliphatic hydroxyl groups excluding tert-OH is 1. The van der Waals surface area contributed by atoms with Gasteiger partial charge in [-0.1, -0.05) is 87.3 Å². The molecule has 0 unspecified atom stereocenters.